The van der Waals surface area contributed by atoms with Crippen molar-refractivity contribution in [1.82, 2.24) is 14.5 Å². The van der Waals surface area contributed by atoms with Crippen LogP contribution < -0.4 is 9.62 Å². The fourth-order valence-corrected chi connectivity index (χ4v) is 7.44. The van der Waals surface area contributed by atoms with E-state index in [0.29, 0.717) is 37.5 Å². The van der Waals surface area contributed by atoms with Gasteiger partial charge in [0, 0.05) is 36.4 Å². The van der Waals surface area contributed by atoms with Crippen molar-refractivity contribution in [2.45, 2.75) is 42.3 Å². The van der Waals surface area contributed by atoms with Crippen molar-refractivity contribution in [2.75, 3.05) is 31.1 Å². The highest BCUT2D eigenvalue weighted by molar-refractivity contribution is 7.89. The quantitative estimate of drug-likeness (QED) is 0.491. The number of hydrogen-bond acceptors (Lipinski definition) is 5. The summed E-state index contributed by atoms with van der Waals surface area (Å²) in [5, 5.41) is 2.10. The van der Waals surface area contributed by atoms with Gasteiger partial charge in [-0.05, 0) is 78.6 Å². The minimum atomic E-state index is -3.96. The van der Waals surface area contributed by atoms with Crippen molar-refractivity contribution in [3.63, 3.8) is 0 Å². The number of carbonyl (C=O) groups is 2. The van der Waals surface area contributed by atoms with Crippen molar-refractivity contribution >= 4 is 49.9 Å². The average Bonchev–Trinajstić information content (AvgIpc) is 3.52. The summed E-state index contributed by atoms with van der Waals surface area (Å²) < 4.78 is 42.2. The number of piperazine rings is 1. The number of nitrogens with one attached hydrogen (secondary N) is 1. The van der Waals surface area contributed by atoms with Crippen LogP contribution in [0.1, 0.15) is 19.3 Å². The Morgan fingerprint density at radius 1 is 1.00 bits per heavy atom. The number of piperidine rings is 1. The van der Waals surface area contributed by atoms with Crippen LogP contribution in [0.5, 0.6) is 0 Å². The van der Waals surface area contributed by atoms with Gasteiger partial charge < -0.3 is 14.7 Å². The lowest BCUT2D eigenvalue weighted by Crippen LogP contribution is -2.56. The highest BCUT2D eigenvalue weighted by atomic mass is 35.5. The zero-order valence-electron chi connectivity index (χ0n) is 21.1. The van der Waals surface area contributed by atoms with Crippen LogP contribution in [-0.4, -0.2) is 74.3 Å². The smallest absolute Gasteiger partial charge is 0.242 e. The van der Waals surface area contributed by atoms with E-state index < -0.39 is 16.1 Å². The molecule has 3 fully saturated rings. The van der Waals surface area contributed by atoms with Crippen LogP contribution in [0, 0.1) is 5.82 Å². The van der Waals surface area contributed by atoms with Crippen molar-refractivity contribution in [2.24, 2.45) is 0 Å². The van der Waals surface area contributed by atoms with Crippen molar-refractivity contribution in [3.8, 4) is 0 Å². The minimum Gasteiger partial charge on any atom is -0.365 e. The number of rotatable bonds is 6. The van der Waals surface area contributed by atoms with Gasteiger partial charge in [0.2, 0.25) is 21.8 Å². The number of carbonyl (C=O) groups excluding carboxylic acids is 2. The van der Waals surface area contributed by atoms with E-state index in [1.807, 2.05) is 4.90 Å². The third kappa shape index (κ3) is 5.08. The number of nitrogens with zero attached hydrogens (tertiary/aromatic N) is 3. The maximum absolute atomic E-state index is 13.3. The third-order valence-electron chi connectivity index (χ3n) is 7.96. The molecular weight excluding hydrogens is 543 g/mol. The highest BCUT2D eigenvalue weighted by Gasteiger charge is 2.46. The molecule has 2 amide bonds. The zero-order valence-corrected chi connectivity index (χ0v) is 22.7. The van der Waals surface area contributed by atoms with Gasteiger partial charge in [-0.3, -0.25) is 9.59 Å². The molecule has 11 heteroatoms. The van der Waals surface area contributed by atoms with E-state index in [-0.39, 0.29) is 41.2 Å². The SMILES string of the molecule is O=C1[C@@H](NS(=O)(=O)c2ccc3cc(Cl)ccc3c2)CCCN1CC(=O)N1C[C@@H]2C[C@H]1CN2c1ccc(F)cc1. The molecule has 3 heterocycles. The minimum absolute atomic E-state index is 0.0320. The molecule has 0 spiro atoms. The Balaban J connectivity index is 1.09. The zero-order chi connectivity index (χ0) is 27.3. The summed E-state index contributed by atoms with van der Waals surface area (Å²) in [4.78, 5) is 32.0. The Labute approximate surface area is 231 Å². The van der Waals surface area contributed by atoms with Gasteiger partial charge in [-0.25, -0.2) is 12.8 Å². The van der Waals surface area contributed by atoms with E-state index in [2.05, 4.69) is 9.62 Å². The van der Waals surface area contributed by atoms with Crippen molar-refractivity contribution in [1.29, 1.82) is 0 Å². The van der Waals surface area contributed by atoms with Gasteiger partial charge in [-0.2, -0.15) is 4.72 Å². The van der Waals surface area contributed by atoms with Gasteiger partial charge in [0.15, 0.2) is 0 Å². The van der Waals surface area contributed by atoms with Gasteiger partial charge in [-0.1, -0.05) is 23.7 Å². The Morgan fingerprint density at radius 2 is 1.74 bits per heavy atom. The second-order valence-corrected chi connectivity index (χ2v) is 12.6. The molecule has 3 aliphatic rings. The summed E-state index contributed by atoms with van der Waals surface area (Å²) in [6.07, 6.45) is 1.79. The van der Waals surface area contributed by atoms with E-state index in [4.69, 9.17) is 11.6 Å². The van der Waals surface area contributed by atoms with Crippen LogP contribution in [-0.2, 0) is 19.6 Å². The number of hydrogen-bond donors (Lipinski definition) is 1. The summed E-state index contributed by atoms with van der Waals surface area (Å²) in [6, 6.07) is 15.6. The molecule has 3 aliphatic heterocycles. The van der Waals surface area contributed by atoms with E-state index in [1.165, 1.54) is 23.1 Å². The van der Waals surface area contributed by atoms with Crippen LogP contribution in [0.15, 0.2) is 65.6 Å². The number of sulfonamides is 1. The van der Waals surface area contributed by atoms with Gasteiger partial charge in [0.05, 0.1) is 17.5 Å². The van der Waals surface area contributed by atoms with Gasteiger partial charge in [0.1, 0.15) is 11.9 Å². The van der Waals surface area contributed by atoms with Crippen LogP contribution in [0.3, 0.4) is 0 Å². The third-order valence-corrected chi connectivity index (χ3v) is 9.66. The predicted molar refractivity (Wildman–Crippen MR) is 147 cm³/mol. The Hall–Kier alpha value is -3.21. The van der Waals surface area contributed by atoms with Crippen molar-refractivity contribution in [3.05, 3.63) is 71.5 Å². The van der Waals surface area contributed by atoms with Crippen LogP contribution in [0.4, 0.5) is 10.1 Å². The largest absolute Gasteiger partial charge is 0.365 e. The van der Waals surface area contributed by atoms with Gasteiger partial charge in [0.25, 0.3) is 0 Å². The molecular formula is C28H28ClFN4O4S. The van der Waals surface area contributed by atoms with Crippen LogP contribution in [0.2, 0.25) is 5.02 Å². The average molecular weight is 571 g/mol. The van der Waals surface area contributed by atoms with Crippen LogP contribution >= 0.6 is 11.6 Å². The number of likely N-dealkylation sites (tertiary alicyclic amines) is 2. The lowest BCUT2D eigenvalue weighted by molar-refractivity contribution is -0.143. The first-order chi connectivity index (χ1) is 18.7. The number of fused-ring (bicyclic) bond motifs is 3. The van der Waals surface area contributed by atoms with E-state index in [0.717, 1.165) is 22.9 Å². The standard InChI is InChI=1S/C28H28ClFN4O4S/c29-20-5-3-19-13-25(10-4-18(19)12-20)39(37,38)31-26-2-1-11-32(28(26)36)17-27(35)34-16-23-14-24(34)15-33(23)22-8-6-21(30)7-9-22/h3-10,12-13,23-24,26,31H,1-2,11,14-17H2/t23-,24-,26-/m0/s1. The molecule has 1 N–H and O–H groups in total. The first kappa shape index (κ1) is 26.0. The maximum Gasteiger partial charge on any atom is 0.242 e. The predicted octanol–water partition coefficient (Wildman–Crippen LogP) is 3.39. The lowest BCUT2D eigenvalue weighted by Gasteiger charge is -2.38. The molecule has 39 heavy (non-hydrogen) atoms. The van der Waals surface area contributed by atoms with E-state index >= 15 is 0 Å². The topological polar surface area (TPSA) is 90.0 Å². The molecule has 0 saturated carbocycles. The summed E-state index contributed by atoms with van der Waals surface area (Å²) in [5.41, 5.74) is 0.938. The Morgan fingerprint density at radius 3 is 2.49 bits per heavy atom. The summed E-state index contributed by atoms with van der Waals surface area (Å²) in [7, 11) is -3.96. The molecule has 0 aliphatic carbocycles. The number of amides is 2. The Kier molecular flexibility index (Phi) is 6.73. The van der Waals surface area contributed by atoms with Crippen molar-refractivity contribution < 1.29 is 22.4 Å². The normalized spacial score (nSPS) is 23.2. The second kappa shape index (κ2) is 10.1. The monoisotopic (exact) mass is 570 g/mol. The lowest BCUT2D eigenvalue weighted by atomic mass is 10.1. The van der Waals surface area contributed by atoms with E-state index in [9.17, 15) is 22.4 Å². The molecule has 6 rings (SSSR count). The molecule has 0 unspecified atom stereocenters. The number of anilines is 1. The molecule has 8 nitrogen and oxygen atoms in total. The summed E-state index contributed by atoms with van der Waals surface area (Å²) >= 11 is 6.03. The molecule has 0 aromatic heterocycles. The molecule has 3 aromatic rings. The highest BCUT2D eigenvalue weighted by Crippen LogP contribution is 2.35. The maximum atomic E-state index is 13.3. The first-order valence-electron chi connectivity index (χ1n) is 13.0. The molecule has 3 atom stereocenters. The molecule has 204 valence electrons. The van der Waals surface area contributed by atoms with E-state index in [1.54, 1.807) is 42.5 Å². The Bertz CT molecular complexity index is 1550. The van der Waals surface area contributed by atoms with Crippen LogP contribution in [0.25, 0.3) is 10.8 Å². The molecule has 3 saturated heterocycles. The number of halogens is 2. The molecule has 3 aromatic carbocycles. The fraction of sp³-hybridized carbons (Fsp3) is 0.357. The summed E-state index contributed by atoms with van der Waals surface area (Å²) in [5.74, 6) is -0.802. The fourth-order valence-electron chi connectivity index (χ4n) is 6.00. The summed E-state index contributed by atoms with van der Waals surface area (Å²) in [6.45, 7) is 1.54. The first-order valence-corrected chi connectivity index (χ1v) is 14.9. The molecule has 2 bridgehead atoms. The molecule has 0 radical (unpaired) electrons. The number of benzene rings is 3. The van der Waals surface area contributed by atoms with Gasteiger partial charge in [-0.15, -0.1) is 0 Å². The van der Waals surface area contributed by atoms with Gasteiger partial charge >= 0.3 is 0 Å². The second-order valence-electron chi connectivity index (χ2n) is 10.4.